The van der Waals surface area contributed by atoms with Gasteiger partial charge in [0, 0.05) is 34.2 Å². The minimum atomic E-state index is -0.339. The molecular formula is C19H18ClN3O2. The van der Waals surface area contributed by atoms with Gasteiger partial charge in [0.1, 0.15) is 5.75 Å². The Morgan fingerprint density at radius 2 is 2.08 bits per heavy atom. The minimum absolute atomic E-state index is 0.133. The number of nitrogens with one attached hydrogen (secondary N) is 1. The SMILES string of the molecule is Cc1c(/C=N\NC(=O)COc2cccc(Cl)c2)c2ccccc2n1C. The first kappa shape index (κ1) is 17.0. The molecule has 0 bridgehead atoms. The summed E-state index contributed by atoms with van der Waals surface area (Å²) in [6.07, 6.45) is 1.66. The van der Waals surface area contributed by atoms with E-state index in [1.54, 1.807) is 30.5 Å². The summed E-state index contributed by atoms with van der Waals surface area (Å²) in [4.78, 5) is 11.9. The summed E-state index contributed by atoms with van der Waals surface area (Å²) in [6, 6.07) is 15.0. The summed E-state index contributed by atoms with van der Waals surface area (Å²) in [5.41, 5.74) is 5.66. The lowest BCUT2D eigenvalue weighted by molar-refractivity contribution is -0.123. The van der Waals surface area contributed by atoms with Gasteiger partial charge in [0.05, 0.1) is 6.21 Å². The van der Waals surface area contributed by atoms with Gasteiger partial charge in [-0.05, 0) is 31.2 Å². The van der Waals surface area contributed by atoms with Gasteiger partial charge in [-0.25, -0.2) is 5.43 Å². The number of ether oxygens (including phenoxy) is 1. The van der Waals surface area contributed by atoms with Crippen molar-refractivity contribution < 1.29 is 9.53 Å². The molecule has 128 valence electrons. The number of amides is 1. The minimum Gasteiger partial charge on any atom is -0.484 e. The van der Waals surface area contributed by atoms with Gasteiger partial charge >= 0.3 is 0 Å². The van der Waals surface area contributed by atoms with E-state index in [4.69, 9.17) is 16.3 Å². The van der Waals surface area contributed by atoms with Crippen molar-refractivity contribution in [2.75, 3.05) is 6.61 Å². The number of rotatable bonds is 5. The van der Waals surface area contributed by atoms with Crippen molar-refractivity contribution in [2.45, 2.75) is 6.92 Å². The summed E-state index contributed by atoms with van der Waals surface area (Å²) in [7, 11) is 2.01. The fraction of sp³-hybridized carbons (Fsp3) is 0.158. The highest BCUT2D eigenvalue weighted by atomic mass is 35.5. The lowest BCUT2D eigenvalue weighted by atomic mass is 10.1. The second-order valence-corrected chi connectivity index (χ2v) is 6.05. The van der Waals surface area contributed by atoms with Crippen molar-refractivity contribution in [3.05, 3.63) is 64.8 Å². The Bertz CT molecular complexity index is 947. The maximum Gasteiger partial charge on any atom is 0.277 e. The first-order chi connectivity index (χ1) is 12.1. The number of benzene rings is 2. The van der Waals surface area contributed by atoms with Crippen LogP contribution in [0.15, 0.2) is 53.6 Å². The number of hydrazone groups is 1. The van der Waals surface area contributed by atoms with E-state index in [1.807, 2.05) is 32.2 Å². The molecule has 1 aromatic heterocycles. The van der Waals surface area contributed by atoms with Crippen LogP contribution >= 0.6 is 11.6 Å². The third-order valence-corrected chi connectivity index (χ3v) is 4.23. The van der Waals surface area contributed by atoms with Crippen molar-refractivity contribution in [2.24, 2.45) is 12.1 Å². The van der Waals surface area contributed by atoms with Crippen LogP contribution in [0, 0.1) is 6.92 Å². The van der Waals surface area contributed by atoms with E-state index in [2.05, 4.69) is 21.2 Å². The third-order valence-electron chi connectivity index (χ3n) is 4.00. The van der Waals surface area contributed by atoms with E-state index in [9.17, 15) is 4.79 Å². The summed E-state index contributed by atoms with van der Waals surface area (Å²) in [6.45, 7) is 1.89. The molecule has 3 rings (SSSR count). The zero-order valence-electron chi connectivity index (χ0n) is 14.0. The number of hydrogen-bond donors (Lipinski definition) is 1. The Balaban J connectivity index is 1.63. The molecule has 3 aromatic rings. The van der Waals surface area contributed by atoms with Crippen LogP contribution in [0.25, 0.3) is 10.9 Å². The van der Waals surface area contributed by atoms with Crippen molar-refractivity contribution >= 4 is 34.6 Å². The van der Waals surface area contributed by atoms with Gasteiger partial charge in [0.25, 0.3) is 5.91 Å². The first-order valence-corrected chi connectivity index (χ1v) is 8.18. The normalized spacial score (nSPS) is 11.2. The molecule has 0 aliphatic rings. The molecular weight excluding hydrogens is 338 g/mol. The van der Waals surface area contributed by atoms with Gasteiger partial charge in [-0.15, -0.1) is 0 Å². The second-order valence-electron chi connectivity index (χ2n) is 5.61. The average Bonchev–Trinajstić information content (AvgIpc) is 2.85. The number of aryl methyl sites for hydroxylation is 1. The molecule has 6 heteroatoms. The molecule has 1 amide bonds. The number of para-hydroxylation sites is 1. The molecule has 0 saturated carbocycles. The fourth-order valence-corrected chi connectivity index (χ4v) is 2.80. The molecule has 0 aliphatic carbocycles. The Labute approximate surface area is 150 Å². The van der Waals surface area contributed by atoms with Crippen molar-refractivity contribution in [1.82, 2.24) is 9.99 Å². The van der Waals surface area contributed by atoms with Crippen molar-refractivity contribution in [3.8, 4) is 5.75 Å². The summed E-state index contributed by atoms with van der Waals surface area (Å²) < 4.78 is 7.47. The zero-order chi connectivity index (χ0) is 17.8. The monoisotopic (exact) mass is 355 g/mol. The van der Waals surface area contributed by atoms with Gasteiger partial charge in [-0.1, -0.05) is 35.9 Å². The van der Waals surface area contributed by atoms with Crippen LogP contribution in [0.4, 0.5) is 0 Å². The summed E-state index contributed by atoms with van der Waals surface area (Å²) >= 11 is 5.87. The predicted molar refractivity (Wildman–Crippen MR) is 100 cm³/mol. The lowest BCUT2D eigenvalue weighted by Gasteiger charge is -2.05. The molecule has 1 heterocycles. The molecule has 0 spiro atoms. The Morgan fingerprint density at radius 1 is 1.28 bits per heavy atom. The van der Waals surface area contributed by atoms with Gasteiger partial charge in [-0.3, -0.25) is 4.79 Å². The van der Waals surface area contributed by atoms with Crippen LogP contribution in [0.3, 0.4) is 0 Å². The molecule has 25 heavy (non-hydrogen) atoms. The van der Waals surface area contributed by atoms with Crippen LogP contribution < -0.4 is 10.2 Å². The van der Waals surface area contributed by atoms with E-state index in [0.717, 1.165) is 22.2 Å². The third kappa shape index (κ3) is 3.83. The van der Waals surface area contributed by atoms with Crippen molar-refractivity contribution in [1.29, 1.82) is 0 Å². The molecule has 0 unspecified atom stereocenters. The smallest absolute Gasteiger partial charge is 0.277 e. The Hall–Kier alpha value is -2.79. The fourth-order valence-electron chi connectivity index (χ4n) is 2.62. The Kier molecular flexibility index (Phi) is 5.05. The van der Waals surface area contributed by atoms with E-state index in [1.165, 1.54) is 0 Å². The summed E-state index contributed by atoms with van der Waals surface area (Å²) in [5, 5.41) is 5.70. The molecule has 0 radical (unpaired) electrons. The lowest BCUT2D eigenvalue weighted by Crippen LogP contribution is -2.24. The van der Waals surface area contributed by atoms with E-state index < -0.39 is 0 Å². The van der Waals surface area contributed by atoms with Crippen LogP contribution in [0.1, 0.15) is 11.3 Å². The van der Waals surface area contributed by atoms with Crippen LogP contribution in [0.2, 0.25) is 5.02 Å². The van der Waals surface area contributed by atoms with Crippen molar-refractivity contribution in [3.63, 3.8) is 0 Å². The first-order valence-electron chi connectivity index (χ1n) is 7.80. The number of fused-ring (bicyclic) bond motifs is 1. The van der Waals surface area contributed by atoms with E-state index in [-0.39, 0.29) is 12.5 Å². The highest BCUT2D eigenvalue weighted by Gasteiger charge is 2.09. The molecule has 2 aromatic carbocycles. The molecule has 1 N–H and O–H groups in total. The maximum absolute atomic E-state index is 11.9. The topological polar surface area (TPSA) is 55.6 Å². The van der Waals surface area contributed by atoms with E-state index in [0.29, 0.717) is 10.8 Å². The number of aromatic nitrogens is 1. The van der Waals surface area contributed by atoms with Gasteiger partial charge in [0.15, 0.2) is 6.61 Å². The number of nitrogens with zero attached hydrogens (tertiary/aromatic N) is 2. The second kappa shape index (κ2) is 7.40. The average molecular weight is 356 g/mol. The van der Waals surface area contributed by atoms with Gasteiger partial charge < -0.3 is 9.30 Å². The molecule has 0 fully saturated rings. The standard InChI is InChI=1S/C19H18ClN3O2/c1-13-17(16-8-3-4-9-18(16)23(13)2)11-21-22-19(24)12-25-15-7-5-6-14(20)10-15/h3-11H,12H2,1-2H3,(H,22,24)/b21-11-. The Morgan fingerprint density at radius 3 is 2.88 bits per heavy atom. The zero-order valence-corrected chi connectivity index (χ0v) is 14.7. The summed E-state index contributed by atoms with van der Waals surface area (Å²) in [5.74, 6) is 0.200. The predicted octanol–water partition coefficient (Wildman–Crippen LogP) is 3.67. The number of carbonyl (C=O) groups is 1. The molecule has 0 aliphatic heterocycles. The van der Waals surface area contributed by atoms with Gasteiger partial charge in [0.2, 0.25) is 0 Å². The van der Waals surface area contributed by atoms with Crippen LogP contribution in [-0.2, 0) is 11.8 Å². The maximum atomic E-state index is 11.9. The van der Waals surface area contributed by atoms with Gasteiger partial charge in [-0.2, -0.15) is 5.10 Å². The molecule has 0 saturated heterocycles. The van der Waals surface area contributed by atoms with Crippen LogP contribution in [-0.4, -0.2) is 23.3 Å². The largest absolute Gasteiger partial charge is 0.484 e. The quantitative estimate of drug-likeness (QED) is 0.561. The number of halogens is 1. The number of hydrogen-bond acceptors (Lipinski definition) is 3. The van der Waals surface area contributed by atoms with Crippen LogP contribution in [0.5, 0.6) is 5.75 Å². The highest BCUT2D eigenvalue weighted by Crippen LogP contribution is 2.23. The highest BCUT2D eigenvalue weighted by molar-refractivity contribution is 6.30. The molecule has 0 atom stereocenters. The van der Waals surface area contributed by atoms with E-state index >= 15 is 0 Å². The molecule has 5 nitrogen and oxygen atoms in total. The number of carbonyl (C=O) groups excluding carboxylic acids is 1.